The van der Waals surface area contributed by atoms with Gasteiger partial charge >= 0.3 is 6.18 Å². The summed E-state index contributed by atoms with van der Waals surface area (Å²) in [4.78, 5) is 32.6. The summed E-state index contributed by atoms with van der Waals surface area (Å²) in [6.07, 6.45) is -4.36. The number of carbonyl (C=O) groups excluding carboxylic acids is 2. The standard InChI is InChI=1S/C25H33F3N4O3/c1-17(2)29-10-12-30(13-11-29)23(33)19-15-31(9-8-22(19)35-3)24(34)21-14-18-6-4-5-7-20(18)32(21)16-25(26,27)28/h4-7,14,17,19,22H,8-13,15-16H2,1-3H3. The lowest BCUT2D eigenvalue weighted by atomic mass is 9.92. The van der Waals surface area contributed by atoms with Crippen LogP contribution >= 0.6 is 0 Å². The average molecular weight is 495 g/mol. The number of likely N-dealkylation sites (tertiary alicyclic amines) is 1. The summed E-state index contributed by atoms with van der Waals surface area (Å²) >= 11 is 0. The molecule has 2 unspecified atom stereocenters. The Balaban J connectivity index is 1.55. The quantitative estimate of drug-likeness (QED) is 0.641. The van der Waals surface area contributed by atoms with E-state index < -0.39 is 24.5 Å². The van der Waals surface area contributed by atoms with Crippen LogP contribution in [0.2, 0.25) is 0 Å². The smallest absolute Gasteiger partial charge is 0.380 e. The number of piperazine rings is 1. The molecule has 192 valence electrons. The second-order valence-corrected chi connectivity index (χ2v) is 9.67. The highest BCUT2D eigenvalue weighted by atomic mass is 19.4. The summed E-state index contributed by atoms with van der Waals surface area (Å²) in [5.74, 6) is -1.11. The molecule has 10 heteroatoms. The van der Waals surface area contributed by atoms with Crippen molar-refractivity contribution in [3.63, 3.8) is 0 Å². The molecular weight excluding hydrogens is 461 g/mol. The molecule has 4 rings (SSSR count). The summed E-state index contributed by atoms with van der Waals surface area (Å²) in [7, 11) is 1.56. The zero-order valence-electron chi connectivity index (χ0n) is 20.4. The first-order valence-corrected chi connectivity index (χ1v) is 12.1. The Hall–Kier alpha value is -2.59. The number of ether oxygens (including phenoxy) is 1. The lowest BCUT2D eigenvalue weighted by Crippen LogP contribution is -2.57. The van der Waals surface area contributed by atoms with Crippen molar-refractivity contribution in [3.05, 3.63) is 36.0 Å². The van der Waals surface area contributed by atoms with Gasteiger partial charge in [0.1, 0.15) is 12.2 Å². The Morgan fingerprint density at radius 2 is 1.74 bits per heavy atom. The number of amides is 2. The molecule has 0 aliphatic carbocycles. The van der Waals surface area contributed by atoms with Crippen molar-refractivity contribution < 1.29 is 27.5 Å². The SMILES string of the molecule is COC1CCN(C(=O)c2cc3ccccc3n2CC(F)(F)F)CC1C(=O)N1CCN(C(C)C)CC1. The maximum Gasteiger partial charge on any atom is 0.406 e. The first-order chi connectivity index (χ1) is 16.6. The monoisotopic (exact) mass is 494 g/mol. The number of rotatable bonds is 5. The number of piperidine rings is 1. The van der Waals surface area contributed by atoms with Gasteiger partial charge in [-0.3, -0.25) is 14.5 Å². The molecule has 35 heavy (non-hydrogen) atoms. The van der Waals surface area contributed by atoms with E-state index in [1.807, 2.05) is 4.90 Å². The Morgan fingerprint density at radius 1 is 1.06 bits per heavy atom. The molecule has 2 amide bonds. The van der Waals surface area contributed by atoms with Crippen LogP contribution in [0.15, 0.2) is 30.3 Å². The molecule has 2 atom stereocenters. The number of halogens is 3. The predicted molar refractivity (Wildman–Crippen MR) is 126 cm³/mol. The molecule has 7 nitrogen and oxygen atoms in total. The molecule has 0 bridgehead atoms. The van der Waals surface area contributed by atoms with Crippen LogP contribution in [0.5, 0.6) is 0 Å². The van der Waals surface area contributed by atoms with Gasteiger partial charge in [-0.05, 0) is 32.4 Å². The third kappa shape index (κ3) is 5.48. The highest BCUT2D eigenvalue weighted by Crippen LogP contribution is 2.29. The predicted octanol–water partition coefficient (Wildman–Crippen LogP) is 3.23. The van der Waals surface area contributed by atoms with Crippen LogP contribution in [-0.4, -0.2) is 95.8 Å². The summed E-state index contributed by atoms with van der Waals surface area (Å²) in [6.45, 7) is 6.22. The molecule has 3 heterocycles. The van der Waals surface area contributed by atoms with Gasteiger partial charge in [0.15, 0.2) is 0 Å². The number of hydrogen-bond donors (Lipinski definition) is 0. The minimum atomic E-state index is -4.48. The number of nitrogens with zero attached hydrogens (tertiary/aromatic N) is 4. The molecule has 0 saturated carbocycles. The lowest BCUT2D eigenvalue weighted by molar-refractivity contribution is -0.145. The molecule has 2 saturated heterocycles. The molecule has 1 aromatic heterocycles. The number of benzene rings is 1. The largest absolute Gasteiger partial charge is 0.406 e. The highest BCUT2D eigenvalue weighted by molar-refractivity contribution is 5.99. The van der Waals surface area contributed by atoms with Gasteiger partial charge in [0, 0.05) is 63.3 Å². The van der Waals surface area contributed by atoms with Crippen molar-refractivity contribution in [2.45, 2.75) is 45.1 Å². The Labute approximate surface area is 203 Å². The highest BCUT2D eigenvalue weighted by Gasteiger charge is 2.40. The zero-order valence-corrected chi connectivity index (χ0v) is 20.4. The first kappa shape index (κ1) is 25.5. The topological polar surface area (TPSA) is 58.0 Å². The van der Waals surface area contributed by atoms with E-state index >= 15 is 0 Å². The third-order valence-corrected chi connectivity index (χ3v) is 7.18. The van der Waals surface area contributed by atoms with E-state index in [1.165, 1.54) is 11.0 Å². The van der Waals surface area contributed by atoms with Crippen LogP contribution in [0.4, 0.5) is 13.2 Å². The second-order valence-electron chi connectivity index (χ2n) is 9.67. The summed E-state index contributed by atoms with van der Waals surface area (Å²) in [6, 6.07) is 8.57. The van der Waals surface area contributed by atoms with Gasteiger partial charge in [-0.25, -0.2) is 0 Å². The van der Waals surface area contributed by atoms with E-state index in [0.29, 0.717) is 43.0 Å². The van der Waals surface area contributed by atoms with Gasteiger partial charge in [0.25, 0.3) is 5.91 Å². The van der Waals surface area contributed by atoms with E-state index in [4.69, 9.17) is 4.74 Å². The van der Waals surface area contributed by atoms with Crippen LogP contribution in [-0.2, 0) is 16.1 Å². The maximum atomic E-state index is 13.5. The number of para-hydroxylation sites is 1. The van der Waals surface area contributed by atoms with Crippen LogP contribution in [0.3, 0.4) is 0 Å². The molecule has 2 fully saturated rings. The molecule has 2 aliphatic rings. The lowest BCUT2D eigenvalue weighted by Gasteiger charge is -2.42. The van der Waals surface area contributed by atoms with Crippen LogP contribution in [0.25, 0.3) is 10.9 Å². The summed E-state index contributed by atoms with van der Waals surface area (Å²) < 4.78 is 46.7. The minimum absolute atomic E-state index is 0.0175. The Bertz CT molecular complexity index is 1060. The Kier molecular flexibility index (Phi) is 7.42. The van der Waals surface area contributed by atoms with Gasteiger partial charge in [0.2, 0.25) is 5.91 Å². The van der Waals surface area contributed by atoms with Gasteiger partial charge < -0.3 is 19.1 Å². The summed E-state index contributed by atoms with van der Waals surface area (Å²) in [5.41, 5.74) is 0.340. The number of alkyl halides is 3. The van der Waals surface area contributed by atoms with Crippen LogP contribution in [0.1, 0.15) is 30.8 Å². The van der Waals surface area contributed by atoms with E-state index in [2.05, 4.69) is 18.7 Å². The second kappa shape index (κ2) is 10.2. The molecule has 0 spiro atoms. The van der Waals surface area contributed by atoms with E-state index in [1.54, 1.807) is 31.4 Å². The number of methoxy groups -OCH3 is 1. The normalized spacial score (nSPS) is 22.3. The molecule has 0 radical (unpaired) electrons. The van der Waals surface area contributed by atoms with Gasteiger partial charge in [-0.2, -0.15) is 13.2 Å². The number of fused-ring (bicyclic) bond motifs is 1. The fraction of sp³-hybridized carbons (Fsp3) is 0.600. The van der Waals surface area contributed by atoms with Crippen molar-refractivity contribution >= 4 is 22.7 Å². The minimum Gasteiger partial charge on any atom is -0.380 e. The van der Waals surface area contributed by atoms with Crippen LogP contribution < -0.4 is 0 Å². The average Bonchev–Trinajstić information content (AvgIpc) is 3.19. The molecule has 1 aromatic carbocycles. The third-order valence-electron chi connectivity index (χ3n) is 7.18. The molecule has 0 N–H and O–H groups in total. The zero-order chi connectivity index (χ0) is 25.3. The fourth-order valence-electron chi connectivity index (χ4n) is 5.23. The molecule has 2 aromatic rings. The number of hydrogen-bond acceptors (Lipinski definition) is 4. The maximum absolute atomic E-state index is 13.5. The van der Waals surface area contributed by atoms with E-state index in [-0.39, 0.29) is 24.2 Å². The van der Waals surface area contributed by atoms with Crippen molar-refractivity contribution in [1.82, 2.24) is 19.3 Å². The Morgan fingerprint density at radius 3 is 2.37 bits per heavy atom. The molecule has 2 aliphatic heterocycles. The van der Waals surface area contributed by atoms with Gasteiger partial charge in [-0.1, -0.05) is 18.2 Å². The van der Waals surface area contributed by atoms with Crippen molar-refractivity contribution in [3.8, 4) is 0 Å². The van der Waals surface area contributed by atoms with Crippen molar-refractivity contribution in [2.75, 3.05) is 46.4 Å². The van der Waals surface area contributed by atoms with Gasteiger partial charge in [-0.15, -0.1) is 0 Å². The number of carbonyl (C=O) groups is 2. The molecular formula is C25H33F3N4O3. The van der Waals surface area contributed by atoms with Crippen molar-refractivity contribution in [1.29, 1.82) is 0 Å². The van der Waals surface area contributed by atoms with Crippen molar-refractivity contribution in [2.24, 2.45) is 5.92 Å². The first-order valence-electron chi connectivity index (χ1n) is 12.1. The van der Waals surface area contributed by atoms with E-state index in [0.717, 1.165) is 17.7 Å². The van der Waals surface area contributed by atoms with Gasteiger partial charge in [0.05, 0.1) is 12.0 Å². The summed E-state index contributed by atoms with van der Waals surface area (Å²) in [5, 5.41) is 0.572. The fourth-order valence-corrected chi connectivity index (χ4v) is 5.23. The number of aromatic nitrogens is 1. The van der Waals surface area contributed by atoms with Crippen LogP contribution in [0, 0.1) is 5.92 Å². The van der Waals surface area contributed by atoms with E-state index in [9.17, 15) is 22.8 Å².